The predicted octanol–water partition coefficient (Wildman–Crippen LogP) is 5.64. The summed E-state index contributed by atoms with van der Waals surface area (Å²) in [7, 11) is 1.62. The van der Waals surface area contributed by atoms with Crippen molar-refractivity contribution >= 4 is 41.2 Å². The fourth-order valence-electron chi connectivity index (χ4n) is 4.38. The van der Waals surface area contributed by atoms with Gasteiger partial charge in [-0.2, -0.15) is 4.98 Å². The summed E-state index contributed by atoms with van der Waals surface area (Å²) in [6, 6.07) is 7.60. The van der Waals surface area contributed by atoms with Crippen molar-refractivity contribution in [1.82, 2.24) is 19.5 Å². The lowest BCUT2D eigenvalue weighted by atomic mass is 10.2. The Morgan fingerprint density at radius 1 is 1.02 bits per heavy atom. The lowest BCUT2D eigenvalue weighted by Gasteiger charge is -2.27. The van der Waals surface area contributed by atoms with E-state index in [1.807, 2.05) is 35.8 Å². The molecule has 14 heteroatoms. The number of carbonyl (C=O) groups excluding carboxylic acids is 2. The first kappa shape index (κ1) is 33.1. The maximum atomic E-state index is 12.3. The van der Waals surface area contributed by atoms with Gasteiger partial charge in [0.25, 0.3) is 0 Å². The number of nitrogens with zero attached hydrogens (tertiary/aromatic N) is 4. The quantitative estimate of drug-likeness (QED) is 0.205. The Hall–Kier alpha value is -3.78. The van der Waals surface area contributed by atoms with E-state index in [1.165, 1.54) is 11.8 Å². The van der Waals surface area contributed by atoms with E-state index in [9.17, 15) is 9.59 Å². The number of imidazole rings is 1. The molecule has 2 unspecified atom stereocenters. The molecule has 0 radical (unpaired) electrons. The fourth-order valence-corrected chi connectivity index (χ4v) is 5.25. The van der Waals surface area contributed by atoms with E-state index in [-0.39, 0.29) is 25.1 Å². The Kier molecular flexibility index (Phi) is 9.83. The number of nitrogen functional groups attached to an aromatic ring is 1. The third kappa shape index (κ3) is 9.11. The molecule has 0 aliphatic heterocycles. The normalized spacial score (nSPS) is 18.2. The van der Waals surface area contributed by atoms with E-state index in [2.05, 4.69) is 15.0 Å². The predicted molar refractivity (Wildman–Crippen MR) is 163 cm³/mol. The summed E-state index contributed by atoms with van der Waals surface area (Å²) in [6.45, 7) is 12.5. The highest BCUT2D eigenvalue weighted by Gasteiger charge is 2.54. The molecule has 1 aliphatic rings. The van der Waals surface area contributed by atoms with Gasteiger partial charge < -0.3 is 38.7 Å². The molecule has 0 spiro atoms. The number of hydrogen-bond acceptors (Lipinski definition) is 13. The van der Waals surface area contributed by atoms with Gasteiger partial charge in [0, 0.05) is 4.90 Å². The van der Waals surface area contributed by atoms with E-state index in [0.29, 0.717) is 29.2 Å². The molecule has 2 aromatic heterocycles. The van der Waals surface area contributed by atoms with Crippen LogP contribution in [0.25, 0.3) is 11.2 Å². The summed E-state index contributed by atoms with van der Waals surface area (Å²) in [5.74, 6) is 1.00. The first-order chi connectivity index (χ1) is 20.6. The molecule has 1 fully saturated rings. The molecule has 1 saturated carbocycles. The number of rotatable bonds is 11. The van der Waals surface area contributed by atoms with Crippen molar-refractivity contribution in [2.75, 3.05) is 26.1 Å². The van der Waals surface area contributed by atoms with E-state index < -0.39 is 35.2 Å². The number of carbonyl (C=O) groups is 2. The van der Waals surface area contributed by atoms with Crippen molar-refractivity contribution in [3.63, 3.8) is 0 Å². The zero-order valence-corrected chi connectivity index (χ0v) is 27.2. The van der Waals surface area contributed by atoms with Gasteiger partial charge in [0.05, 0.1) is 25.6 Å². The average Bonchev–Trinajstić information content (AvgIpc) is 3.35. The second-order valence-corrected chi connectivity index (χ2v) is 13.7. The van der Waals surface area contributed by atoms with E-state index in [4.69, 9.17) is 34.2 Å². The largest absolute Gasteiger partial charge is 0.508 e. The number of ether oxygens (including phenoxy) is 6. The molecule has 0 saturated heterocycles. The van der Waals surface area contributed by atoms with Gasteiger partial charge >= 0.3 is 12.3 Å². The van der Waals surface area contributed by atoms with Gasteiger partial charge in [0.15, 0.2) is 5.65 Å². The molecule has 13 nitrogen and oxygen atoms in total. The fraction of sp³-hybridized carbons (Fsp3) is 0.567. The topological polar surface area (TPSA) is 159 Å². The SMILES string of the molecule is COc1ccc(Sc2nc(N)nc3c2ncn3CC2(OC(COC(=O)OC(C)(C)C)COC(=O)OC(C)(C)C)CC2C)cc1. The van der Waals surface area contributed by atoms with E-state index in [0.717, 1.165) is 10.6 Å². The molecule has 240 valence electrons. The lowest BCUT2D eigenvalue weighted by molar-refractivity contribution is -0.110. The smallest absolute Gasteiger partial charge is 0.497 e. The van der Waals surface area contributed by atoms with Crippen molar-refractivity contribution < 1.29 is 38.0 Å². The first-order valence-corrected chi connectivity index (χ1v) is 15.1. The monoisotopic (exact) mass is 631 g/mol. The molecule has 0 bridgehead atoms. The van der Waals surface area contributed by atoms with Crippen LogP contribution < -0.4 is 10.5 Å². The maximum absolute atomic E-state index is 12.3. The number of anilines is 1. The summed E-state index contributed by atoms with van der Waals surface area (Å²) in [4.78, 5) is 39.0. The van der Waals surface area contributed by atoms with Crippen molar-refractivity contribution in [3.8, 4) is 5.75 Å². The Morgan fingerprint density at radius 2 is 1.59 bits per heavy atom. The summed E-state index contributed by atoms with van der Waals surface area (Å²) in [5.41, 5.74) is 5.13. The highest BCUT2D eigenvalue weighted by molar-refractivity contribution is 7.99. The van der Waals surface area contributed by atoms with Gasteiger partial charge in [-0.15, -0.1) is 0 Å². The molecule has 1 aliphatic carbocycles. The molecule has 2 heterocycles. The van der Waals surface area contributed by atoms with Crippen molar-refractivity contribution in [2.45, 2.75) is 94.3 Å². The molecule has 0 amide bonds. The summed E-state index contributed by atoms with van der Waals surface area (Å²) in [5, 5.41) is 0.615. The van der Waals surface area contributed by atoms with Gasteiger partial charge in [-0.05, 0) is 78.1 Å². The molecular weight excluding hydrogens is 590 g/mol. The first-order valence-electron chi connectivity index (χ1n) is 14.3. The molecule has 2 N–H and O–H groups in total. The van der Waals surface area contributed by atoms with Crippen LogP contribution in [0.15, 0.2) is 40.5 Å². The molecule has 44 heavy (non-hydrogen) atoms. The summed E-state index contributed by atoms with van der Waals surface area (Å²) < 4.78 is 34.8. The second-order valence-electron chi connectivity index (χ2n) is 12.7. The number of hydrogen-bond donors (Lipinski definition) is 1. The van der Waals surface area contributed by atoms with Crippen LogP contribution in [-0.2, 0) is 30.2 Å². The van der Waals surface area contributed by atoms with E-state index >= 15 is 0 Å². The Balaban J connectivity index is 1.52. The van der Waals surface area contributed by atoms with E-state index in [1.54, 1.807) is 55.0 Å². The number of fused-ring (bicyclic) bond motifs is 1. The van der Waals surface area contributed by atoms with Gasteiger partial charge in [0.2, 0.25) is 5.95 Å². The van der Waals surface area contributed by atoms with Crippen molar-refractivity contribution in [2.24, 2.45) is 5.92 Å². The average molecular weight is 632 g/mol. The van der Waals surface area contributed by atoms with Crippen LogP contribution in [0.5, 0.6) is 5.75 Å². The standard InChI is InChI=1S/C30H41N5O8S/c1-18-13-30(18,41-20(14-39-26(36)42-28(2,3)4)15-40-27(37)43-29(5,6)7)16-35-17-32-22-23(35)33-25(31)34-24(22)44-21-11-9-19(38-8)10-12-21/h9-12,17-18,20H,13-16H2,1-8H3,(H2,31,33,34). The van der Waals surface area contributed by atoms with Crippen LogP contribution >= 0.6 is 11.8 Å². The van der Waals surface area contributed by atoms with Gasteiger partial charge in [-0.25, -0.2) is 19.6 Å². The molecule has 4 rings (SSSR count). The van der Waals surface area contributed by atoms with Gasteiger partial charge in [-0.1, -0.05) is 18.7 Å². The third-order valence-corrected chi connectivity index (χ3v) is 7.49. The number of aromatic nitrogens is 4. The number of methoxy groups -OCH3 is 1. The van der Waals surface area contributed by atoms with Crippen LogP contribution in [0.2, 0.25) is 0 Å². The van der Waals surface area contributed by atoms with Crippen LogP contribution in [0.3, 0.4) is 0 Å². The summed E-state index contributed by atoms with van der Waals surface area (Å²) >= 11 is 1.42. The van der Waals surface area contributed by atoms with Gasteiger partial charge in [0.1, 0.15) is 46.8 Å². The Labute approximate surface area is 261 Å². The highest BCUT2D eigenvalue weighted by atomic mass is 32.2. The lowest BCUT2D eigenvalue weighted by Crippen LogP contribution is -2.37. The molecule has 1 aromatic carbocycles. The highest BCUT2D eigenvalue weighted by Crippen LogP contribution is 2.49. The number of nitrogens with two attached hydrogens (primary N) is 1. The minimum absolute atomic E-state index is 0.114. The minimum Gasteiger partial charge on any atom is -0.497 e. The summed E-state index contributed by atoms with van der Waals surface area (Å²) in [6.07, 6.45) is -0.116. The third-order valence-electron chi connectivity index (χ3n) is 6.51. The zero-order valence-electron chi connectivity index (χ0n) is 26.4. The maximum Gasteiger partial charge on any atom is 0.508 e. The van der Waals surface area contributed by atoms with Crippen LogP contribution in [0.1, 0.15) is 54.9 Å². The van der Waals surface area contributed by atoms with Gasteiger partial charge in [-0.3, -0.25) is 0 Å². The van der Waals surface area contributed by atoms with Crippen molar-refractivity contribution in [3.05, 3.63) is 30.6 Å². The second kappa shape index (κ2) is 13.1. The van der Waals surface area contributed by atoms with Crippen LogP contribution in [0, 0.1) is 5.92 Å². The Morgan fingerprint density at radius 3 is 2.09 bits per heavy atom. The molecule has 2 atom stereocenters. The molecule has 3 aromatic rings. The van der Waals surface area contributed by atoms with Crippen LogP contribution in [-0.4, -0.2) is 75.1 Å². The minimum atomic E-state index is -0.851. The number of benzene rings is 1. The zero-order chi connectivity index (χ0) is 32.3. The Bertz CT molecular complexity index is 1440. The molecular formula is C30H41N5O8S. The van der Waals surface area contributed by atoms with Crippen LogP contribution in [0.4, 0.5) is 15.5 Å². The van der Waals surface area contributed by atoms with Crippen molar-refractivity contribution in [1.29, 1.82) is 0 Å².